The number of ether oxygens (including phenoxy) is 1. The van der Waals surface area contributed by atoms with Crippen molar-refractivity contribution in [3.63, 3.8) is 0 Å². The first-order chi connectivity index (χ1) is 10.5. The van der Waals surface area contributed by atoms with Crippen molar-refractivity contribution >= 4 is 29.1 Å². The number of rotatable bonds is 7. The van der Waals surface area contributed by atoms with E-state index in [9.17, 15) is 9.59 Å². The number of nitrogens with one attached hydrogen (secondary N) is 1. The number of aromatic nitrogens is 2. The average Bonchev–Trinajstić information content (AvgIpc) is 2.85. The van der Waals surface area contributed by atoms with E-state index in [1.807, 2.05) is 0 Å². The lowest BCUT2D eigenvalue weighted by Gasteiger charge is -2.06. The summed E-state index contributed by atoms with van der Waals surface area (Å²) < 4.78 is 6.77. The summed E-state index contributed by atoms with van der Waals surface area (Å²) in [6.07, 6.45) is 3.15. The maximum absolute atomic E-state index is 11.8. The molecule has 0 fully saturated rings. The summed E-state index contributed by atoms with van der Waals surface area (Å²) in [6, 6.07) is 6.95. The highest BCUT2D eigenvalue weighted by Gasteiger charge is 2.06. The van der Waals surface area contributed by atoms with Crippen molar-refractivity contribution in [2.45, 2.75) is 13.0 Å². The van der Waals surface area contributed by atoms with E-state index in [0.29, 0.717) is 16.5 Å². The van der Waals surface area contributed by atoms with Crippen LogP contribution in [-0.4, -0.2) is 28.2 Å². The molecule has 8 heteroatoms. The molecule has 0 saturated carbocycles. The quantitative estimate of drug-likeness (QED) is 0.805. The molecule has 7 nitrogen and oxygen atoms in total. The van der Waals surface area contributed by atoms with Gasteiger partial charge >= 0.3 is 0 Å². The van der Waals surface area contributed by atoms with Crippen LogP contribution < -0.4 is 15.8 Å². The standard InChI is InChI=1S/C14H15ClN4O3/c15-10-2-1-3-12(6-10)22-5-4-14(21)18-11-7-17-19(8-11)9-13(16)20/h1-3,6-8H,4-5,9H2,(H2,16,20)(H,18,21). The van der Waals surface area contributed by atoms with Gasteiger partial charge in [-0.1, -0.05) is 17.7 Å². The van der Waals surface area contributed by atoms with Crippen molar-refractivity contribution in [1.29, 1.82) is 0 Å². The zero-order chi connectivity index (χ0) is 15.9. The van der Waals surface area contributed by atoms with Gasteiger partial charge in [-0.2, -0.15) is 5.10 Å². The van der Waals surface area contributed by atoms with E-state index < -0.39 is 5.91 Å². The molecule has 0 aliphatic carbocycles. The van der Waals surface area contributed by atoms with Crippen molar-refractivity contribution < 1.29 is 14.3 Å². The summed E-state index contributed by atoms with van der Waals surface area (Å²) in [4.78, 5) is 22.5. The van der Waals surface area contributed by atoms with E-state index in [0.717, 1.165) is 0 Å². The van der Waals surface area contributed by atoms with Crippen LogP contribution in [0.5, 0.6) is 5.75 Å². The lowest BCUT2D eigenvalue weighted by molar-refractivity contribution is -0.119. The summed E-state index contributed by atoms with van der Waals surface area (Å²) in [6.45, 7) is 0.190. The largest absolute Gasteiger partial charge is 0.493 e. The molecule has 0 atom stereocenters. The fraction of sp³-hybridized carbons (Fsp3) is 0.214. The molecule has 1 aromatic heterocycles. The van der Waals surface area contributed by atoms with E-state index in [-0.39, 0.29) is 25.5 Å². The van der Waals surface area contributed by atoms with Crippen LogP contribution in [0.4, 0.5) is 5.69 Å². The molecule has 0 radical (unpaired) electrons. The van der Waals surface area contributed by atoms with E-state index >= 15 is 0 Å². The first-order valence-electron chi connectivity index (χ1n) is 6.52. The number of halogens is 1. The Morgan fingerprint density at radius 1 is 1.41 bits per heavy atom. The Bertz CT molecular complexity index is 672. The Kier molecular flexibility index (Phi) is 5.37. The molecule has 2 aromatic rings. The van der Waals surface area contributed by atoms with Crippen LogP contribution in [0.25, 0.3) is 0 Å². The van der Waals surface area contributed by atoms with Gasteiger partial charge in [0.15, 0.2) is 0 Å². The smallest absolute Gasteiger partial charge is 0.239 e. The minimum Gasteiger partial charge on any atom is -0.493 e. The van der Waals surface area contributed by atoms with Crippen LogP contribution in [0.1, 0.15) is 6.42 Å². The fourth-order valence-corrected chi connectivity index (χ4v) is 1.90. The number of benzene rings is 1. The summed E-state index contributed by atoms with van der Waals surface area (Å²) in [5.41, 5.74) is 5.55. The molecule has 0 bridgehead atoms. The van der Waals surface area contributed by atoms with E-state index in [4.69, 9.17) is 22.1 Å². The summed E-state index contributed by atoms with van der Waals surface area (Å²) >= 11 is 5.83. The van der Waals surface area contributed by atoms with Gasteiger partial charge in [0.05, 0.1) is 24.9 Å². The first-order valence-corrected chi connectivity index (χ1v) is 6.90. The van der Waals surface area contributed by atoms with E-state index in [1.54, 1.807) is 24.3 Å². The van der Waals surface area contributed by atoms with Crippen LogP contribution in [0.15, 0.2) is 36.7 Å². The zero-order valence-electron chi connectivity index (χ0n) is 11.7. The molecule has 0 aliphatic heterocycles. The average molecular weight is 323 g/mol. The second kappa shape index (κ2) is 7.46. The number of hydrogen-bond acceptors (Lipinski definition) is 4. The van der Waals surface area contributed by atoms with Gasteiger partial charge in [-0.25, -0.2) is 0 Å². The molecule has 116 valence electrons. The van der Waals surface area contributed by atoms with Crippen LogP contribution >= 0.6 is 11.6 Å². The van der Waals surface area contributed by atoms with E-state index in [1.165, 1.54) is 17.1 Å². The minimum atomic E-state index is -0.504. The van der Waals surface area contributed by atoms with Crippen LogP contribution in [0, 0.1) is 0 Å². The predicted octanol–water partition coefficient (Wildman–Crippen LogP) is 1.43. The highest BCUT2D eigenvalue weighted by Crippen LogP contribution is 2.17. The third-order valence-corrected chi connectivity index (χ3v) is 2.86. The molecule has 0 aliphatic rings. The predicted molar refractivity (Wildman–Crippen MR) is 81.6 cm³/mol. The summed E-state index contributed by atoms with van der Waals surface area (Å²) in [7, 11) is 0. The lowest BCUT2D eigenvalue weighted by atomic mass is 10.3. The van der Waals surface area contributed by atoms with Crippen LogP contribution in [-0.2, 0) is 16.1 Å². The fourth-order valence-electron chi connectivity index (χ4n) is 1.72. The van der Waals surface area contributed by atoms with Crippen LogP contribution in [0.2, 0.25) is 5.02 Å². The monoisotopic (exact) mass is 322 g/mol. The van der Waals surface area contributed by atoms with Gasteiger partial charge in [0.2, 0.25) is 11.8 Å². The van der Waals surface area contributed by atoms with Crippen molar-refractivity contribution in [2.75, 3.05) is 11.9 Å². The van der Waals surface area contributed by atoms with Crippen molar-refractivity contribution in [3.05, 3.63) is 41.7 Å². The van der Waals surface area contributed by atoms with Gasteiger partial charge in [-0.3, -0.25) is 14.3 Å². The third kappa shape index (κ3) is 5.10. The number of hydrogen-bond donors (Lipinski definition) is 2. The normalized spacial score (nSPS) is 10.2. The second-order valence-electron chi connectivity index (χ2n) is 4.50. The summed E-state index contributed by atoms with van der Waals surface area (Å²) in [5, 5.41) is 7.13. The Balaban J connectivity index is 1.76. The highest BCUT2D eigenvalue weighted by molar-refractivity contribution is 6.30. The van der Waals surface area contributed by atoms with Gasteiger partial charge in [0, 0.05) is 11.2 Å². The molecule has 0 unspecified atom stereocenters. The molecule has 1 heterocycles. The van der Waals surface area contributed by atoms with E-state index in [2.05, 4.69) is 10.4 Å². The zero-order valence-corrected chi connectivity index (χ0v) is 12.4. The van der Waals surface area contributed by atoms with Gasteiger partial charge in [-0.05, 0) is 18.2 Å². The number of anilines is 1. The number of nitrogens with two attached hydrogens (primary N) is 1. The Morgan fingerprint density at radius 3 is 2.95 bits per heavy atom. The first kappa shape index (κ1) is 15.8. The molecule has 1 aromatic carbocycles. The minimum absolute atomic E-state index is 0.0340. The maximum Gasteiger partial charge on any atom is 0.239 e. The Labute approximate surface area is 132 Å². The van der Waals surface area contributed by atoms with Gasteiger partial charge < -0.3 is 15.8 Å². The lowest BCUT2D eigenvalue weighted by Crippen LogP contribution is -2.19. The summed E-state index contributed by atoms with van der Waals surface area (Å²) in [5.74, 6) is -0.119. The second-order valence-corrected chi connectivity index (χ2v) is 4.93. The molecule has 22 heavy (non-hydrogen) atoms. The SMILES string of the molecule is NC(=O)Cn1cc(NC(=O)CCOc2cccc(Cl)c2)cn1. The van der Waals surface area contributed by atoms with Crippen LogP contribution in [0.3, 0.4) is 0 Å². The van der Waals surface area contributed by atoms with Gasteiger partial charge in [0.1, 0.15) is 12.3 Å². The number of carbonyl (C=O) groups excluding carboxylic acids is 2. The molecular weight excluding hydrogens is 308 g/mol. The topological polar surface area (TPSA) is 99.2 Å². The molecule has 0 spiro atoms. The Morgan fingerprint density at radius 2 is 2.23 bits per heavy atom. The van der Waals surface area contributed by atoms with Gasteiger partial charge in [-0.15, -0.1) is 0 Å². The maximum atomic E-state index is 11.8. The molecule has 3 N–H and O–H groups in total. The van der Waals surface area contributed by atoms with Crippen molar-refractivity contribution in [1.82, 2.24) is 9.78 Å². The third-order valence-electron chi connectivity index (χ3n) is 2.63. The Hall–Kier alpha value is -2.54. The molecule has 2 amide bonds. The molecule has 2 rings (SSSR count). The van der Waals surface area contributed by atoms with Crippen molar-refractivity contribution in [2.24, 2.45) is 5.73 Å². The molecular formula is C14H15ClN4O3. The number of amides is 2. The number of primary amides is 1. The van der Waals surface area contributed by atoms with Crippen molar-refractivity contribution in [3.8, 4) is 5.75 Å². The van der Waals surface area contributed by atoms with Gasteiger partial charge in [0.25, 0.3) is 0 Å². The number of carbonyl (C=O) groups is 2. The number of nitrogens with zero attached hydrogens (tertiary/aromatic N) is 2. The molecule has 0 saturated heterocycles. The highest BCUT2D eigenvalue weighted by atomic mass is 35.5.